The Bertz CT molecular complexity index is 1940. The molecule has 4 nitrogen and oxygen atoms in total. The molecule has 0 saturated heterocycles. The van der Waals surface area contributed by atoms with Crippen molar-refractivity contribution in [1.29, 1.82) is 0 Å². The summed E-state index contributed by atoms with van der Waals surface area (Å²) in [7, 11) is 0. The van der Waals surface area contributed by atoms with Gasteiger partial charge in [-0.25, -0.2) is 9.07 Å². The van der Waals surface area contributed by atoms with Gasteiger partial charge >= 0.3 is 12.1 Å². The molecule has 1 heterocycles. The van der Waals surface area contributed by atoms with Crippen molar-refractivity contribution in [3.8, 4) is 0 Å². The summed E-state index contributed by atoms with van der Waals surface area (Å²) in [6.07, 6.45) is 1.94. The van der Waals surface area contributed by atoms with Crippen molar-refractivity contribution in [2.45, 2.75) is 56.3 Å². The van der Waals surface area contributed by atoms with Crippen LogP contribution in [0.25, 0.3) is 10.9 Å². The predicted molar refractivity (Wildman–Crippen MR) is 184 cm³/mol. The first-order valence-corrected chi connectivity index (χ1v) is 16.6. The van der Waals surface area contributed by atoms with Gasteiger partial charge in [-0.15, -0.1) is 0 Å². The summed E-state index contributed by atoms with van der Waals surface area (Å²) in [6, 6.07) is 38.5. The Morgan fingerprint density at radius 3 is 1.76 bits per heavy atom. The van der Waals surface area contributed by atoms with E-state index in [2.05, 4.69) is 0 Å². The van der Waals surface area contributed by atoms with Gasteiger partial charge in [0, 0.05) is 5.39 Å². The number of amides is 1. The molecule has 1 aromatic heterocycles. The van der Waals surface area contributed by atoms with E-state index in [4.69, 9.17) is 5.10 Å². The Morgan fingerprint density at radius 2 is 1.24 bits per heavy atom. The van der Waals surface area contributed by atoms with Crippen LogP contribution in [0.5, 0.6) is 0 Å². The van der Waals surface area contributed by atoms with E-state index in [0.717, 1.165) is 47.9 Å². The normalized spacial score (nSPS) is 14.2. The van der Waals surface area contributed by atoms with Gasteiger partial charge < -0.3 is 0 Å². The number of halogens is 4. The average molecular weight is 662 g/mol. The highest BCUT2D eigenvalue weighted by Gasteiger charge is 2.45. The molecular formula is C41H35F4N3O. The summed E-state index contributed by atoms with van der Waals surface area (Å²) in [5, 5.41) is 5.12. The van der Waals surface area contributed by atoms with Crippen molar-refractivity contribution in [1.82, 2.24) is 9.78 Å². The van der Waals surface area contributed by atoms with Crippen molar-refractivity contribution in [2.75, 3.05) is 4.90 Å². The molecule has 0 atom stereocenters. The molecule has 248 valence electrons. The Kier molecular flexibility index (Phi) is 8.80. The summed E-state index contributed by atoms with van der Waals surface area (Å²) in [4.78, 5) is 13.6. The Hall–Kier alpha value is -5.24. The lowest BCUT2D eigenvalue weighted by atomic mass is 9.77. The summed E-state index contributed by atoms with van der Waals surface area (Å²) < 4.78 is 61.3. The maximum Gasteiger partial charge on any atom is 0.471 e. The van der Waals surface area contributed by atoms with Crippen molar-refractivity contribution < 1.29 is 22.4 Å². The largest absolute Gasteiger partial charge is 0.471 e. The van der Waals surface area contributed by atoms with Crippen molar-refractivity contribution >= 4 is 22.5 Å². The topological polar surface area (TPSA) is 38.1 Å². The maximum atomic E-state index is 17.2. The van der Waals surface area contributed by atoms with Crippen molar-refractivity contribution in [2.24, 2.45) is 0 Å². The minimum atomic E-state index is -5.23. The second kappa shape index (κ2) is 13.3. The number of benzene rings is 5. The van der Waals surface area contributed by atoms with Gasteiger partial charge in [-0.2, -0.15) is 18.3 Å². The number of fused-ring (bicyclic) bond motifs is 1. The number of hydrogen-bond acceptors (Lipinski definition) is 2. The van der Waals surface area contributed by atoms with E-state index in [1.807, 2.05) is 103 Å². The van der Waals surface area contributed by atoms with Crippen LogP contribution in [0.4, 0.5) is 23.2 Å². The summed E-state index contributed by atoms with van der Waals surface area (Å²) in [5.41, 5.74) is 2.18. The second-order valence-electron chi connectivity index (χ2n) is 12.7. The average Bonchev–Trinajstić information content (AvgIpc) is 3.58. The van der Waals surface area contributed by atoms with E-state index < -0.39 is 35.7 Å². The summed E-state index contributed by atoms with van der Waals surface area (Å²) in [6.45, 7) is -0.457. The van der Waals surface area contributed by atoms with Gasteiger partial charge in [-0.05, 0) is 58.7 Å². The van der Waals surface area contributed by atoms with Crippen LogP contribution in [0.2, 0.25) is 0 Å². The molecule has 1 amide bonds. The zero-order valence-electron chi connectivity index (χ0n) is 26.8. The third-order valence-corrected chi connectivity index (χ3v) is 9.72. The van der Waals surface area contributed by atoms with Crippen LogP contribution in [-0.2, 0) is 16.9 Å². The third kappa shape index (κ3) is 6.01. The zero-order chi connectivity index (χ0) is 34.0. The van der Waals surface area contributed by atoms with Gasteiger partial charge in [0.05, 0.1) is 18.4 Å². The predicted octanol–water partition coefficient (Wildman–Crippen LogP) is 10.2. The van der Waals surface area contributed by atoms with Crippen LogP contribution >= 0.6 is 0 Å². The van der Waals surface area contributed by atoms with Crippen molar-refractivity contribution in [3.63, 3.8) is 0 Å². The summed E-state index contributed by atoms with van der Waals surface area (Å²) in [5.74, 6) is -2.71. The number of carbonyl (C=O) groups is 1. The molecule has 5 aromatic carbocycles. The van der Waals surface area contributed by atoms with Gasteiger partial charge in [0.15, 0.2) is 5.82 Å². The lowest BCUT2D eigenvalue weighted by molar-refractivity contribution is -0.170. The van der Waals surface area contributed by atoms with Gasteiger partial charge in [0.2, 0.25) is 0 Å². The standard InChI is InChI=1S/C41H35F4N3O/c42-37-36(47(39(49)41(43,44)45)28-29-21-23-31(24-22-29)30-13-5-1-6-14-30)26-25-32-27-46-48(38(32)37)40(33-15-7-2-8-16-33,34-17-9-3-10-18-34)35-19-11-4-12-20-35/h2-4,7-12,15-27,30H,1,5-6,13-14,28H2. The van der Waals surface area contributed by atoms with Gasteiger partial charge in [-0.1, -0.05) is 135 Å². The molecule has 6 aromatic rings. The van der Waals surface area contributed by atoms with Crippen LogP contribution in [0, 0.1) is 5.82 Å². The number of rotatable bonds is 8. The van der Waals surface area contributed by atoms with Gasteiger partial charge in [0.25, 0.3) is 0 Å². The van der Waals surface area contributed by atoms with Crippen LogP contribution in [0.3, 0.4) is 0 Å². The van der Waals surface area contributed by atoms with Crippen LogP contribution < -0.4 is 4.90 Å². The zero-order valence-corrected chi connectivity index (χ0v) is 26.8. The highest BCUT2D eigenvalue weighted by atomic mass is 19.4. The van der Waals surface area contributed by atoms with Gasteiger partial charge in [-0.3, -0.25) is 9.69 Å². The van der Waals surface area contributed by atoms with Gasteiger partial charge in [0.1, 0.15) is 11.1 Å². The molecule has 8 heteroatoms. The van der Waals surface area contributed by atoms with Crippen LogP contribution in [-0.4, -0.2) is 21.9 Å². The highest BCUT2D eigenvalue weighted by molar-refractivity contribution is 5.99. The van der Waals surface area contributed by atoms with Crippen LogP contribution in [0.1, 0.15) is 65.8 Å². The molecule has 0 unspecified atom stereocenters. The first-order chi connectivity index (χ1) is 23.8. The van der Waals surface area contributed by atoms with Crippen LogP contribution in [0.15, 0.2) is 134 Å². The van der Waals surface area contributed by atoms with E-state index >= 15 is 4.39 Å². The van der Waals surface area contributed by atoms with E-state index in [1.165, 1.54) is 29.4 Å². The Balaban J connectivity index is 1.41. The SMILES string of the molecule is O=C(N(Cc1ccc(C2CCCCC2)cc1)c1ccc2cnn(C(c3ccccc3)(c3ccccc3)c3ccccc3)c2c1F)C(F)(F)F. The molecular weight excluding hydrogens is 626 g/mol. The number of anilines is 1. The maximum absolute atomic E-state index is 17.2. The Morgan fingerprint density at radius 1 is 0.714 bits per heavy atom. The van der Waals surface area contributed by atoms with E-state index in [-0.39, 0.29) is 5.52 Å². The molecule has 7 rings (SSSR count). The smallest absolute Gasteiger partial charge is 0.297 e. The van der Waals surface area contributed by atoms with E-state index in [9.17, 15) is 18.0 Å². The fraction of sp³-hybridized carbons (Fsp3) is 0.220. The number of nitrogens with zero attached hydrogens (tertiary/aromatic N) is 3. The number of alkyl halides is 3. The molecule has 49 heavy (non-hydrogen) atoms. The molecule has 1 fully saturated rings. The lowest BCUT2D eigenvalue weighted by Gasteiger charge is -2.37. The molecule has 0 N–H and O–H groups in total. The highest BCUT2D eigenvalue weighted by Crippen LogP contribution is 2.44. The fourth-order valence-electron chi connectivity index (χ4n) is 7.37. The number of carbonyl (C=O) groups excluding carboxylic acids is 1. The van der Waals surface area contributed by atoms with E-state index in [0.29, 0.717) is 21.8 Å². The molecule has 1 saturated carbocycles. The summed E-state index contributed by atoms with van der Waals surface area (Å²) >= 11 is 0. The van der Waals surface area contributed by atoms with E-state index in [1.54, 1.807) is 12.1 Å². The second-order valence-corrected chi connectivity index (χ2v) is 12.7. The minimum Gasteiger partial charge on any atom is -0.297 e. The first-order valence-electron chi connectivity index (χ1n) is 16.6. The number of aromatic nitrogens is 2. The monoisotopic (exact) mass is 661 g/mol. The quantitative estimate of drug-likeness (QED) is 0.120. The Labute approximate surface area is 282 Å². The molecule has 1 aliphatic carbocycles. The molecule has 0 aliphatic heterocycles. The molecule has 0 radical (unpaired) electrons. The lowest BCUT2D eigenvalue weighted by Crippen LogP contribution is -2.41. The molecule has 0 spiro atoms. The minimum absolute atomic E-state index is 0.0262. The molecule has 1 aliphatic rings. The third-order valence-electron chi connectivity index (χ3n) is 9.72. The fourth-order valence-corrected chi connectivity index (χ4v) is 7.37. The molecule has 0 bridgehead atoms. The number of hydrogen-bond donors (Lipinski definition) is 0. The van der Waals surface area contributed by atoms with Crippen molar-refractivity contribution in [3.05, 3.63) is 167 Å². The first kappa shape index (κ1) is 32.3.